The molecule has 2 unspecified atom stereocenters. The van der Waals surface area contributed by atoms with Gasteiger partial charge in [-0.3, -0.25) is 4.79 Å². The number of hydrogen-bond acceptors (Lipinski definition) is 3. The molecule has 4 rings (SSSR count). The molecule has 0 bridgehead atoms. The van der Waals surface area contributed by atoms with Crippen molar-refractivity contribution in [3.05, 3.63) is 52.1 Å². The quantitative estimate of drug-likeness (QED) is 0.808. The standard InChI is InChI=1S/C21H21ClFN3O2/c1-26-15(10-24)9-17(13-4-11-6-16(27)7-12(11)5-13)20(26)21(28)25-14-2-3-19(23)18(22)8-14/h2-3,8-9,11-13,16,27H,4-7H2,1H3,(H,25,28). The lowest BCUT2D eigenvalue weighted by Crippen LogP contribution is -2.19. The van der Waals surface area contributed by atoms with E-state index in [0.29, 0.717) is 28.9 Å². The summed E-state index contributed by atoms with van der Waals surface area (Å²) in [6.45, 7) is 0. The number of anilines is 1. The van der Waals surface area contributed by atoms with E-state index in [-0.39, 0.29) is 23.0 Å². The van der Waals surface area contributed by atoms with Gasteiger partial charge in [0.15, 0.2) is 0 Å². The third kappa shape index (κ3) is 3.30. The molecule has 1 heterocycles. The van der Waals surface area contributed by atoms with Crippen LogP contribution in [-0.2, 0) is 7.05 Å². The van der Waals surface area contributed by atoms with Gasteiger partial charge in [0.05, 0.1) is 11.1 Å². The molecule has 2 fully saturated rings. The summed E-state index contributed by atoms with van der Waals surface area (Å²) in [7, 11) is 1.70. The van der Waals surface area contributed by atoms with Gasteiger partial charge in [-0.05, 0) is 73.3 Å². The average molecular weight is 402 g/mol. The molecule has 2 N–H and O–H groups in total. The number of halogens is 2. The van der Waals surface area contributed by atoms with Crippen LogP contribution in [0.1, 0.15) is 53.3 Å². The van der Waals surface area contributed by atoms with Crippen LogP contribution in [-0.4, -0.2) is 21.7 Å². The van der Waals surface area contributed by atoms with E-state index in [1.54, 1.807) is 17.7 Å². The lowest BCUT2D eigenvalue weighted by molar-refractivity contribution is 0.101. The molecule has 0 radical (unpaired) electrons. The smallest absolute Gasteiger partial charge is 0.272 e. The first-order valence-corrected chi connectivity index (χ1v) is 9.79. The van der Waals surface area contributed by atoms with E-state index >= 15 is 0 Å². The highest BCUT2D eigenvalue weighted by Gasteiger charge is 2.43. The molecule has 0 spiro atoms. The molecule has 5 nitrogen and oxygen atoms in total. The number of aliphatic hydroxyl groups excluding tert-OH is 1. The van der Waals surface area contributed by atoms with Crippen LogP contribution in [0.3, 0.4) is 0 Å². The summed E-state index contributed by atoms with van der Waals surface area (Å²) in [5.41, 5.74) is 2.14. The number of aromatic nitrogens is 1. The van der Waals surface area contributed by atoms with Crippen molar-refractivity contribution in [2.75, 3.05) is 5.32 Å². The molecule has 1 aromatic carbocycles. The van der Waals surface area contributed by atoms with Crippen LogP contribution in [0.25, 0.3) is 0 Å². The van der Waals surface area contributed by atoms with Crippen LogP contribution >= 0.6 is 11.6 Å². The molecule has 1 aromatic heterocycles. The second-order valence-corrected chi connectivity index (χ2v) is 8.31. The maximum Gasteiger partial charge on any atom is 0.272 e. The van der Waals surface area contributed by atoms with Crippen molar-refractivity contribution in [1.82, 2.24) is 4.57 Å². The van der Waals surface area contributed by atoms with Gasteiger partial charge in [-0.2, -0.15) is 5.26 Å². The number of amides is 1. The van der Waals surface area contributed by atoms with Gasteiger partial charge in [-0.25, -0.2) is 4.39 Å². The predicted octanol–water partition coefficient (Wildman–Crippen LogP) is 4.21. The summed E-state index contributed by atoms with van der Waals surface area (Å²) in [6, 6.07) is 7.96. The first kappa shape index (κ1) is 19.0. The van der Waals surface area contributed by atoms with Crippen LogP contribution in [0.15, 0.2) is 24.3 Å². The fourth-order valence-corrected chi connectivity index (χ4v) is 5.11. The second kappa shape index (κ2) is 7.23. The minimum Gasteiger partial charge on any atom is -0.393 e. The van der Waals surface area contributed by atoms with Crippen molar-refractivity contribution in [2.45, 2.75) is 37.7 Å². The SMILES string of the molecule is Cn1c(C#N)cc(C2CC3CC(O)CC3C2)c1C(=O)Nc1ccc(F)c(Cl)c1. The largest absolute Gasteiger partial charge is 0.393 e. The Morgan fingerprint density at radius 3 is 2.57 bits per heavy atom. The molecule has 2 aliphatic carbocycles. The number of nitrogens with one attached hydrogen (secondary N) is 1. The predicted molar refractivity (Wildman–Crippen MR) is 104 cm³/mol. The van der Waals surface area contributed by atoms with E-state index in [4.69, 9.17) is 11.6 Å². The lowest BCUT2D eigenvalue weighted by atomic mass is 9.93. The molecule has 2 aromatic rings. The minimum absolute atomic E-state index is 0.0650. The Bertz CT molecular complexity index is 967. The maximum atomic E-state index is 13.4. The third-order valence-electron chi connectivity index (χ3n) is 6.20. The Balaban J connectivity index is 1.63. The van der Waals surface area contributed by atoms with Crippen LogP contribution in [0, 0.1) is 29.0 Å². The summed E-state index contributed by atoms with van der Waals surface area (Å²) in [6.07, 6.45) is 3.24. The number of nitrogens with zero attached hydrogens (tertiary/aromatic N) is 2. The number of aliphatic hydroxyl groups is 1. The topological polar surface area (TPSA) is 78.1 Å². The number of hydrogen-bond donors (Lipinski definition) is 2. The maximum absolute atomic E-state index is 13.4. The number of nitriles is 1. The molecule has 1 amide bonds. The minimum atomic E-state index is -0.550. The monoisotopic (exact) mass is 401 g/mol. The Morgan fingerprint density at radius 1 is 1.29 bits per heavy atom. The summed E-state index contributed by atoms with van der Waals surface area (Å²) < 4.78 is 15.0. The molecular weight excluding hydrogens is 381 g/mol. The van der Waals surface area contributed by atoms with Crippen molar-refractivity contribution in [3.63, 3.8) is 0 Å². The zero-order chi connectivity index (χ0) is 20.0. The fraction of sp³-hybridized carbons (Fsp3) is 0.429. The van der Waals surface area contributed by atoms with Crippen LogP contribution in [0.5, 0.6) is 0 Å². The Labute approximate surface area is 167 Å². The van der Waals surface area contributed by atoms with E-state index in [1.807, 2.05) is 0 Å². The van der Waals surface area contributed by atoms with E-state index in [1.165, 1.54) is 18.2 Å². The Hall–Kier alpha value is -2.36. The summed E-state index contributed by atoms with van der Waals surface area (Å²) in [5.74, 6) is 0.230. The number of benzene rings is 1. The molecule has 2 saturated carbocycles. The highest BCUT2D eigenvalue weighted by molar-refractivity contribution is 6.31. The van der Waals surface area contributed by atoms with Gasteiger partial charge >= 0.3 is 0 Å². The van der Waals surface area contributed by atoms with Gasteiger partial charge in [0, 0.05) is 12.7 Å². The van der Waals surface area contributed by atoms with Crippen molar-refractivity contribution in [3.8, 4) is 6.07 Å². The van der Waals surface area contributed by atoms with Gasteiger partial charge < -0.3 is 15.0 Å². The molecule has 0 aliphatic heterocycles. The third-order valence-corrected chi connectivity index (χ3v) is 6.49. The number of fused-ring (bicyclic) bond motifs is 1. The first-order valence-electron chi connectivity index (χ1n) is 9.41. The van der Waals surface area contributed by atoms with Crippen LogP contribution < -0.4 is 5.32 Å². The normalized spacial score (nSPS) is 26.1. The summed E-state index contributed by atoms with van der Waals surface area (Å²) >= 11 is 5.81. The Kier molecular flexibility index (Phi) is 4.90. The molecule has 2 atom stereocenters. The zero-order valence-corrected chi connectivity index (χ0v) is 16.2. The summed E-state index contributed by atoms with van der Waals surface area (Å²) in [4.78, 5) is 13.0. The highest BCUT2D eigenvalue weighted by atomic mass is 35.5. The van der Waals surface area contributed by atoms with Crippen molar-refractivity contribution < 1.29 is 14.3 Å². The van der Waals surface area contributed by atoms with Crippen LogP contribution in [0.2, 0.25) is 5.02 Å². The fourth-order valence-electron chi connectivity index (χ4n) is 4.93. The van der Waals surface area contributed by atoms with E-state index in [2.05, 4.69) is 11.4 Å². The number of rotatable bonds is 3. The van der Waals surface area contributed by atoms with Gasteiger partial charge in [0.2, 0.25) is 0 Å². The molecular formula is C21H21ClFN3O2. The molecule has 28 heavy (non-hydrogen) atoms. The van der Waals surface area contributed by atoms with E-state index in [9.17, 15) is 19.6 Å². The zero-order valence-electron chi connectivity index (χ0n) is 15.5. The molecule has 2 aliphatic rings. The van der Waals surface area contributed by atoms with E-state index < -0.39 is 5.82 Å². The lowest BCUT2D eigenvalue weighted by Gasteiger charge is -2.15. The first-order chi connectivity index (χ1) is 13.4. The second-order valence-electron chi connectivity index (χ2n) is 7.90. The van der Waals surface area contributed by atoms with Crippen LogP contribution in [0.4, 0.5) is 10.1 Å². The van der Waals surface area contributed by atoms with E-state index in [0.717, 1.165) is 31.2 Å². The highest BCUT2D eigenvalue weighted by Crippen LogP contribution is 2.51. The van der Waals surface area contributed by atoms with Gasteiger partial charge in [-0.1, -0.05) is 11.6 Å². The summed E-state index contributed by atoms with van der Waals surface area (Å²) in [5, 5.41) is 22.0. The van der Waals surface area contributed by atoms with Crippen molar-refractivity contribution in [1.29, 1.82) is 5.26 Å². The Morgan fingerprint density at radius 2 is 1.96 bits per heavy atom. The number of carbonyl (C=O) groups is 1. The van der Waals surface area contributed by atoms with Crippen molar-refractivity contribution in [2.24, 2.45) is 18.9 Å². The van der Waals surface area contributed by atoms with Gasteiger partial charge in [-0.15, -0.1) is 0 Å². The molecule has 0 saturated heterocycles. The van der Waals surface area contributed by atoms with Gasteiger partial charge in [0.1, 0.15) is 23.3 Å². The molecule has 7 heteroatoms. The average Bonchev–Trinajstić information content (AvgIpc) is 3.28. The van der Waals surface area contributed by atoms with Crippen molar-refractivity contribution >= 4 is 23.2 Å². The molecule has 146 valence electrons. The number of carbonyl (C=O) groups excluding carboxylic acids is 1. The van der Waals surface area contributed by atoms with Gasteiger partial charge in [0.25, 0.3) is 5.91 Å².